The van der Waals surface area contributed by atoms with Crippen molar-refractivity contribution < 1.29 is 4.42 Å². The van der Waals surface area contributed by atoms with Gasteiger partial charge >= 0.3 is 0 Å². The monoisotopic (exact) mass is 201 g/mol. The van der Waals surface area contributed by atoms with Crippen molar-refractivity contribution in [3.63, 3.8) is 0 Å². The molecule has 1 unspecified atom stereocenters. The van der Waals surface area contributed by atoms with Gasteiger partial charge in [-0.25, -0.2) is 0 Å². The van der Waals surface area contributed by atoms with Gasteiger partial charge in [0.25, 0.3) is 0 Å². The predicted molar refractivity (Wildman–Crippen MR) is 61.6 cm³/mol. The van der Waals surface area contributed by atoms with Gasteiger partial charge in [0.1, 0.15) is 11.5 Å². The van der Waals surface area contributed by atoms with Crippen LogP contribution in [0.25, 0.3) is 11.3 Å². The first-order valence-corrected chi connectivity index (χ1v) is 5.13. The molecular weight excluding hydrogens is 186 g/mol. The molecular formula is C13H15NO. The van der Waals surface area contributed by atoms with Crippen LogP contribution in [-0.4, -0.2) is 7.05 Å². The third-order valence-electron chi connectivity index (χ3n) is 2.54. The first-order valence-electron chi connectivity index (χ1n) is 5.13. The largest absolute Gasteiger partial charge is 0.459 e. The van der Waals surface area contributed by atoms with Crippen molar-refractivity contribution in [3.8, 4) is 11.3 Å². The van der Waals surface area contributed by atoms with Crippen LogP contribution in [0.1, 0.15) is 18.7 Å². The van der Waals surface area contributed by atoms with E-state index in [-0.39, 0.29) is 6.04 Å². The maximum Gasteiger partial charge on any atom is 0.134 e. The molecule has 1 aromatic heterocycles. The number of rotatable bonds is 3. The third kappa shape index (κ3) is 2.10. The highest BCUT2D eigenvalue weighted by atomic mass is 16.3. The lowest BCUT2D eigenvalue weighted by Crippen LogP contribution is -2.10. The van der Waals surface area contributed by atoms with Gasteiger partial charge in [-0.1, -0.05) is 30.3 Å². The molecule has 0 radical (unpaired) electrons. The maximum atomic E-state index is 5.76. The minimum atomic E-state index is 0.252. The fourth-order valence-electron chi connectivity index (χ4n) is 1.49. The van der Waals surface area contributed by atoms with Crippen molar-refractivity contribution in [2.24, 2.45) is 0 Å². The number of furan rings is 1. The molecule has 2 heteroatoms. The summed E-state index contributed by atoms with van der Waals surface area (Å²) in [6, 6.07) is 14.4. The van der Waals surface area contributed by atoms with Crippen molar-refractivity contribution in [3.05, 3.63) is 48.2 Å². The summed E-state index contributed by atoms with van der Waals surface area (Å²) in [6.07, 6.45) is 0. The summed E-state index contributed by atoms with van der Waals surface area (Å²) in [5.41, 5.74) is 1.12. The zero-order chi connectivity index (χ0) is 10.7. The summed E-state index contributed by atoms with van der Waals surface area (Å²) in [5, 5.41) is 3.15. The minimum Gasteiger partial charge on any atom is -0.459 e. The second-order valence-electron chi connectivity index (χ2n) is 3.58. The van der Waals surface area contributed by atoms with Crippen molar-refractivity contribution in [1.29, 1.82) is 0 Å². The van der Waals surface area contributed by atoms with E-state index in [9.17, 15) is 0 Å². The van der Waals surface area contributed by atoms with E-state index in [0.29, 0.717) is 0 Å². The van der Waals surface area contributed by atoms with Gasteiger partial charge in [-0.3, -0.25) is 0 Å². The Morgan fingerprint density at radius 2 is 1.80 bits per heavy atom. The van der Waals surface area contributed by atoms with Crippen molar-refractivity contribution in [2.45, 2.75) is 13.0 Å². The topological polar surface area (TPSA) is 25.2 Å². The first-order chi connectivity index (χ1) is 7.31. The van der Waals surface area contributed by atoms with Gasteiger partial charge in [-0.05, 0) is 26.1 Å². The molecule has 78 valence electrons. The number of nitrogens with one attached hydrogen (secondary N) is 1. The Kier molecular flexibility index (Phi) is 2.88. The molecule has 0 saturated heterocycles. The molecule has 15 heavy (non-hydrogen) atoms. The average molecular weight is 201 g/mol. The molecule has 1 heterocycles. The minimum absolute atomic E-state index is 0.252. The van der Waals surface area contributed by atoms with Crippen LogP contribution in [0.4, 0.5) is 0 Å². The molecule has 0 aliphatic rings. The van der Waals surface area contributed by atoms with Crippen LogP contribution in [0.3, 0.4) is 0 Å². The number of hydrogen-bond donors (Lipinski definition) is 1. The molecule has 0 amide bonds. The Bertz CT molecular complexity index is 419. The SMILES string of the molecule is CNC(C)c1ccc(-c2ccccc2)o1. The van der Waals surface area contributed by atoms with E-state index in [2.05, 4.69) is 12.2 Å². The Balaban J connectivity index is 2.28. The van der Waals surface area contributed by atoms with Crippen molar-refractivity contribution >= 4 is 0 Å². The number of benzene rings is 1. The number of hydrogen-bond acceptors (Lipinski definition) is 2. The van der Waals surface area contributed by atoms with E-state index < -0.39 is 0 Å². The highest BCUT2D eigenvalue weighted by Gasteiger charge is 2.08. The van der Waals surface area contributed by atoms with Crippen LogP contribution in [-0.2, 0) is 0 Å². The van der Waals surface area contributed by atoms with Gasteiger partial charge in [0.2, 0.25) is 0 Å². The van der Waals surface area contributed by atoms with Crippen molar-refractivity contribution in [2.75, 3.05) is 7.05 Å². The summed E-state index contributed by atoms with van der Waals surface area (Å²) in [6.45, 7) is 2.08. The van der Waals surface area contributed by atoms with Crippen LogP contribution in [0.5, 0.6) is 0 Å². The lowest BCUT2D eigenvalue weighted by atomic mass is 10.2. The quantitative estimate of drug-likeness (QED) is 0.824. The molecule has 0 saturated carbocycles. The summed E-state index contributed by atoms with van der Waals surface area (Å²) >= 11 is 0. The lowest BCUT2D eigenvalue weighted by molar-refractivity contribution is 0.458. The van der Waals surface area contributed by atoms with Crippen LogP contribution < -0.4 is 5.32 Å². The Morgan fingerprint density at radius 3 is 2.47 bits per heavy atom. The van der Waals surface area contributed by atoms with Crippen LogP contribution >= 0.6 is 0 Å². The van der Waals surface area contributed by atoms with E-state index >= 15 is 0 Å². The van der Waals surface area contributed by atoms with E-state index in [0.717, 1.165) is 17.1 Å². The molecule has 0 aliphatic heterocycles. The second-order valence-corrected chi connectivity index (χ2v) is 3.58. The summed E-state index contributed by atoms with van der Waals surface area (Å²) in [7, 11) is 1.93. The van der Waals surface area contributed by atoms with Gasteiger partial charge in [0, 0.05) is 5.56 Å². The fourth-order valence-corrected chi connectivity index (χ4v) is 1.49. The van der Waals surface area contributed by atoms with Crippen LogP contribution in [0, 0.1) is 0 Å². The van der Waals surface area contributed by atoms with Gasteiger partial charge in [0.05, 0.1) is 6.04 Å². The van der Waals surface area contributed by atoms with E-state index in [1.165, 1.54) is 0 Å². The Morgan fingerprint density at radius 1 is 1.07 bits per heavy atom. The van der Waals surface area contributed by atoms with Gasteiger partial charge in [0.15, 0.2) is 0 Å². The standard InChI is InChI=1S/C13H15NO/c1-10(14-2)12-8-9-13(15-12)11-6-4-3-5-7-11/h3-10,14H,1-2H3. The maximum absolute atomic E-state index is 5.76. The zero-order valence-electron chi connectivity index (χ0n) is 9.03. The van der Waals surface area contributed by atoms with Gasteiger partial charge in [-0.2, -0.15) is 0 Å². The average Bonchev–Trinajstić information content (AvgIpc) is 2.78. The molecule has 1 N–H and O–H groups in total. The molecule has 2 rings (SSSR count). The fraction of sp³-hybridized carbons (Fsp3) is 0.231. The molecule has 1 aromatic carbocycles. The second kappa shape index (κ2) is 4.32. The third-order valence-corrected chi connectivity index (χ3v) is 2.54. The predicted octanol–water partition coefficient (Wildman–Crippen LogP) is 3.23. The molecule has 1 atom stereocenters. The molecule has 2 nitrogen and oxygen atoms in total. The Labute approximate surface area is 89.9 Å². The normalized spacial score (nSPS) is 12.7. The molecule has 2 aromatic rings. The Hall–Kier alpha value is -1.54. The summed E-state index contributed by atoms with van der Waals surface area (Å²) in [5.74, 6) is 1.89. The van der Waals surface area contributed by atoms with E-state index in [4.69, 9.17) is 4.42 Å². The molecule has 0 aliphatic carbocycles. The van der Waals surface area contributed by atoms with Gasteiger partial charge in [-0.15, -0.1) is 0 Å². The van der Waals surface area contributed by atoms with E-state index in [1.807, 2.05) is 49.5 Å². The highest BCUT2D eigenvalue weighted by Crippen LogP contribution is 2.24. The lowest BCUT2D eigenvalue weighted by Gasteiger charge is -2.05. The zero-order valence-corrected chi connectivity index (χ0v) is 9.03. The van der Waals surface area contributed by atoms with E-state index in [1.54, 1.807) is 0 Å². The molecule has 0 bridgehead atoms. The van der Waals surface area contributed by atoms with Crippen LogP contribution in [0.15, 0.2) is 46.9 Å². The smallest absolute Gasteiger partial charge is 0.134 e. The summed E-state index contributed by atoms with van der Waals surface area (Å²) < 4.78 is 5.76. The highest BCUT2D eigenvalue weighted by molar-refractivity contribution is 5.57. The molecule has 0 fully saturated rings. The van der Waals surface area contributed by atoms with Crippen LogP contribution in [0.2, 0.25) is 0 Å². The molecule has 0 spiro atoms. The van der Waals surface area contributed by atoms with Crippen molar-refractivity contribution in [1.82, 2.24) is 5.32 Å². The first kappa shape index (κ1) is 9.99. The summed E-state index contributed by atoms with van der Waals surface area (Å²) in [4.78, 5) is 0. The van der Waals surface area contributed by atoms with Gasteiger partial charge < -0.3 is 9.73 Å².